The van der Waals surface area contributed by atoms with E-state index in [9.17, 15) is 22.8 Å². The molecule has 5 rings (SSSR count). The Bertz CT molecular complexity index is 1920. The van der Waals surface area contributed by atoms with Crippen LogP contribution < -0.4 is 11.2 Å². The van der Waals surface area contributed by atoms with E-state index in [0.717, 1.165) is 33.0 Å². The Morgan fingerprint density at radius 2 is 1.71 bits per heavy atom. The van der Waals surface area contributed by atoms with Gasteiger partial charge in [-0.1, -0.05) is 49.0 Å². The first-order valence-corrected chi connectivity index (χ1v) is 12.9. The number of halogens is 4. The monoisotopic (exact) mass is 579 g/mol. The first-order valence-electron chi connectivity index (χ1n) is 12.9. The number of nitrogens with zero attached hydrogens (tertiary/aromatic N) is 5. The van der Waals surface area contributed by atoms with Gasteiger partial charge in [-0.2, -0.15) is 17.9 Å². The summed E-state index contributed by atoms with van der Waals surface area (Å²) in [5.41, 5.74) is -1.64. The summed E-state index contributed by atoms with van der Waals surface area (Å²) in [6.07, 6.45) is -3.56. The van der Waals surface area contributed by atoms with E-state index in [1.807, 2.05) is 30.3 Å². The van der Waals surface area contributed by atoms with Gasteiger partial charge in [0.1, 0.15) is 6.61 Å². The molecule has 0 radical (unpaired) electrons. The van der Waals surface area contributed by atoms with Crippen LogP contribution in [0.3, 0.4) is 0 Å². The van der Waals surface area contributed by atoms with Crippen LogP contribution >= 0.6 is 0 Å². The molecule has 0 aliphatic rings. The van der Waals surface area contributed by atoms with Crippen LogP contribution in [-0.2, 0) is 30.7 Å². The number of ether oxygens (including phenoxy) is 1. The number of hydrogen-bond donors (Lipinski definition) is 0. The minimum atomic E-state index is -4.75. The van der Waals surface area contributed by atoms with Gasteiger partial charge in [0.15, 0.2) is 17.5 Å². The summed E-state index contributed by atoms with van der Waals surface area (Å²) in [6.45, 7) is 7.61. The van der Waals surface area contributed by atoms with Crippen molar-refractivity contribution in [3.63, 3.8) is 0 Å². The highest BCUT2D eigenvalue weighted by Gasteiger charge is 2.34. The Hall–Kier alpha value is -4.84. The molecule has 3 heterocycles. The second kappa shape index (κ2) is 11.2. The number of rotatable bonds is 8. The van der Waals surface area contributed by atoms with E-state index in [0.29, 0.717) is 5.57 Å². The van der Waals surface area contributed by atoms with Crippen LogP contribution in [0.25, 0.3) is 28.0 Å². The third-order valence-electron chi connectivity index (χ3n) is 6.65. The Morgan fingerprint density at radius 3 is 2.38 bits per heavy atom. The minimum absolute atomic E-state index is 0.0375. The van der Waals surface area contributed by atoms with Gasteiger partial charge in [-0.3, -0.25) is 13.9 Å². The van der Waals surface area contributed by atoms with Gasteiger partial charge in [0.05, 0.1) is 28.8 Å². The van der Waals surface area contributed by atoms with Crippen LogP contribution in [-0.4, -0.2) is 23.9 Å². The molecule has 3 aromatic heterocycles. The normalized spacial score (nSPS) is 11.8. The zero-order valence-electron chi connectivity index (χ0n) is 22.7. The van der Waals surface area contributed by atoms with Crippen molar-refractivity contribution in [1.82, 2.24) is 23.9 Å². The molecule has 42 heavy (non-hydrogen) atoms. The summed E-state index contributed by atoms with van der Waals surface area (Å²) in [5, 5.41) is 3.97. The van der Waals surface area contributed by atoms with Crippen molar-refractivity contribution in [2.45, 2.75) is 39.8 Å². The van der Waals surface area contributed by atoms with Gasteiger partial charge in [-0.05, 0) is 43.2 Å². The predicted octanol–water partition coefficient (Wildman–Crippen LogP) is 5.66. The molecule has 0 N–H and O–H groups in total. The Labute approximate surface area is 236 Å². The molecule has 0 aliphatic carbocycles. The average Bonchev–Trinajstić information content (AvgIpc) is 3.27. The lowest BCUT2D eigenvalue weighted by Crippen LogP contribution is -2.26. The van der Waals surface area contributed by atoms with Crippen molar-refractivity contribution < 1.29 is 22.3 Å². The van der Waals surface area contributed by atoms with E-state index >= 15 is 4.39 Å². The zero-order chi connectivity index (χ0) is 30.2. The number of allylic oxidation sites excluding steroid dienone is 1. The van der Waals surface area contributed by atoms with Crippen LogP contribution in [0.1, 0.15) is 36.4 Å². The summed E-state index contributed by atoms with van der Waals surface area (Å²) in [7, 11) is 0. The molecule has 2 aromatic carbocycles. The summed E-state index contributed by atoms with van der Waals surface area (Å²) in [5.74, 6) is -1.30. The second-order valence-electron chi connectivity index (χ2n) is 9.54. The number of fused-ring (bicyclic) bond motifs is 1. The standard InChI is InChI=1S/C30H25F4N5O3/c1-4-37-25(17-42-16-19-10-6-5-7-11-19)36-39(29(37)41)27-23(31)14-20-26(35-27)21(18(2)3)15-38(28(20)40)24-13-9-8-12-22(24)30(32,33)34/h5-15H,2,4,16-17H2,1,3H3. The van der Waals surface area contributed by atoms with E-state index in [1.165, 1.54) is 22.9 Å². The maximum Gasteiger partial charge on any atom is 0.418 e. The van der Waals surface area contributed by atoms with E-state index in [4.69, 9.17) is 4.74 Å². The molecule has 0 aliphatic heterocycles. The van der Waals surface area contributed by atoms with Gasteiger partial charge >= 0.3 is 11.9 Å². The highest BCUT2D eigenvalue weighted by atomic mass is 19.4. The number of para-hydroxylation sites is 1. The highest BCUT2D eigenvalue weighted by molar-refractivity contribution is 5.90. The van der Waals surface area contributed by atoms with Crippen LogP contribution in [0.5, 0.6) is 0 Å². The largest absolute Gasteiger partial charge is 0.418 e. The highest BCUT2D eigenvalue weighted by Crippen LogP contribution is 2.34. The molecule has 0 saturated carbocycles. The molecule has 0 spiro atoms. The average molecular weight is 580 g/mol. The lowest BCUT2D eigenvalue weighted by atomic mass is 10.1. The van der Waals surface area contributed by atoms with Crippen molar-refractivity contribution in [1.29, 1.82) is 0 Å². The van der Waals surface area contributed by atoms with Crippen LogP contribution in [0.2, 0.25) is 0 Å². The van der Waals surface area contributed by atoms with Crippen molar-refractivity contribution in [2.75, 3.05) is 0 Å². The van der Waals surface area contributed by atoms with E-state index in [2.05, 4.69) is 16.7 Å². The van der Waals surface area contributed by atoms with Gasteiger partial charge in [0.25, 0.3) is 5.56 Å². The third-order valence-corrected chi connectivity index (χ3v) is 6.65. The SMILES string of the molecule is C=C(C)c1cn(-c2ccccc2C(F)(F)F)c(=O)c2cc(F)c(-n3nc(COCc4ccccc4)n(CC)c3=O)nc12. The molecule has 0 fully saturated rings. The molecule has 12 heteroatoms. The van der Waals surface area contributed by atoms with Crippen LogP contribution in [0, 0.1) is 5.82 Å². The molecular formula is C30H25F4N5O3. The van der Waals surface area contributed by atoms with Gasteiger partial charge in [-0.25, -0.2) is 14.2 Å². The van der Waals surface area contributed by atoms with Crippen molar-refractivity contribution in [2.24, 2.45) is 0 Å². The summed E-state index contributed by atoms with van der Waals surface area (Å²) in [4.78, 5) is 30.9. The minimum Gasteiger partial charge on any atom is -0.369 e. The smallest absolute Gasteiger partial charge is 0.369 e. The molecule has 8 nitrogen and oxygen atoms in total. The molecule has 0 unspecified atom stereocenters. The molecule has 0 bridgehead atoms. The topological polar surface area (TPSA) is 83.9 Å². The zero-order valence-corrected chi connectivity index (χ0v) is 22.7. The fraction of sp³-hybridized carbons (Fsp3) is 0.200. The molecule has 0 saturated heterocycles. The number of pyridine rings is 2. The Morgan fingerprint density at radius 1 is 1.02 bits per heavy atom. The van der Waals surface area contributed by atoms with E-state index in [1.54, 1.807) is 13.8 Å². The molecule has 216 valence electrons. The van der Waals surface area contributed by atoms with Crippen LogP contribution in [0.15, 0.2) is 83.0 Å². The van der Waals surface area contributed by atoms with Gasteiger partial charge in [0.2, 0.25) is 0 Å². The lowest BCUT2D eigenvalue weighted by Gasteiger charge is -2.17. The van der Waals surface area contributed by atoms with Crippen molar-refractivity contribution in [3.05, 3.63) is 123 Å². The Balaban J connectivity index is 1.63. The van der Waals surface area contributed by atoms with Crippen molar-refractivity contribution >= 4 is 16.5 Å². The summed E-state index contributed by atoms with van der Waals surface area (Å²) in [6, 6.07) is 14.8. The summed E-state index contributed by atoms with van der Waals surface area (Å²) >= 11 is 0. The number of benzene rings is 2. The Kier molecular flexibility index (Phi) is 7.65. The molecule has 0 amide bonds. The first-order chi connectivity index (χ1) is 20.0. The van der Waals surface area contributed by atoms with E-state index in [-0.39, 0.29) is 42.0 Å². The molecular weight excluding hydrogens is 554 g/mol. The van der Waals surface area contributed by atoms with Crippen molar-refractivity contribution in [3.8, 4) is 11.5 Å². The summed E-state index contributed by atoms with van der Waals surface area (Å²) < 4.78 is 65.4. The quantitative estimate of drug-likeness (QED) is 0.222. The fourth-order valence-electron chi connectivity index (χ4n) is 4.62. The van der Waals surface area contributed by atoms with E-state index < -0.39 is 40.3 Å². The van der Waals surface area contributed by atoms with Gasteiger partial charge in [0, 0.05) is 18.3 Å². The number of hydrogen-bond acceptors (Lipinski definition) is 5. The van der Waals surface area contributed by atoms with Gasteiger partial charge < -0.3 is 4.74 Å². The lowest BCUT2D eigenvalue weighted by molar-refractivity contribution is -0.137. The second-order valence-corrected chi connectivity index (χ2v) is 9.54. The predicted molar refractivity (Wildman–Crippen MR) is 149 cm³/mol. The molecule has 0 atom stereocenters. The molecule has 5 aromatic rings. The van der Waals surface area contributed by atoms with Crippen LogP contribution in [0.4, 0.5) is 17.6 Å². The maximum atomic E-state index is 15.6. The van der Waals surface area contributed by atoms with Gasteiger partial charge in [-0.15, -0.1) is 5.10 Å². The third kappa shape index (κ3) is 5.28. The fourth-order valence-corrected chi connectivity index (χ4v) is 4.62. The number of aromatic nitrogens is 5. The first kappa shape index (κ1) is 28.7. The maximum absolute atomic E-state index is 15.6. The number of alkyl halides is 3.